The second-order valence-corrected chi connectivity index (χ2v) is 4.56. The average molecular weight is 259 g/mol. The molecule has 1 amide bonds. The largest absolute Gasteiger partial charge is 0.375 e. The van der Waals surface area contributed by atoms with Crippen LogP contribution in [0.2, 0.25) is 0 Å². The van der Waals surface area contributed by atoms with Crippen molar-refractivity contribution >= 4 is 28.5 Å². The number of rotatable bonds is 4. The van der Waals surface area contributed by atoms with Gasteiger partial charge in [-0.1, -0.05) is 30.3 Å². The number of amides is 1. The lowest BCUT2D eigenvalue weighted by atomic mass is 10.2. The fraction of sp³-hybridized carbons (Fsp3) is 0.0769. The maximum absolute atomic E-state index is 11.6. The summed E-state index contributed by atoms with van der Waals surface area (Å²) in [5.74, 6) is -0.104. The van der Waals surface area contributed by atoms with Gasteiger partial charge < -0.3 is 11.1 Å². The lowest BCUT2D eigenvalue weighted by molar-refractivity contribution is -0.119. The normalized spacial score (nSPS) is 10.7. The number of nitrogens with two attached hydrogens (primary N) is 1. The third kappa shape index (κ3) is 3.71. The van der Waals surface area contributed by atoms with Crippen molar-refractivity contribution in [3.63, 3.8) is 0 Å². The summed E-state index contributed by atoms with van der Waals surface area (Å²) in [4.78, 5) is 15.6. The number of aromatic nitrogens is 1. The zero-order valence-electron chi connectivity index (χ0n) is 9.67. The molecular formula is C13H13N3OS. The van der Waals surface area contributed by atoms with Gasteiger partial charge in [-0.15, -0.1) is 11.3 Å². The molecule has 0 fully saturated rings. The number of benzene rings is 1. The van der Waals surface area contributed by atoms with Gasteiger partial charge >= 0.3 is 0 Å². The Hall–Kier alpha value is -2.14. The molecule has 3 N–H and O–H groups in total. The molecule has 0 radical (unpaired) electrons. The van der Waals surface area contributed by atoms with Crippen LogP contribution in [0, 0.1) is 0 Å². The number of carbonyl (C=O) groups excluding carboxylic acids is 1. The Labute approximate surface area is 109 Å². The number of thiazole rings is 1. The topological polar surface area (TPSA) is 68.0 Å². The third-order valence-electron chi connectivity index (χ3n) is 2.23. The zero-order valence-corrected chi connectivity index (χ0v) is 10.5. The fourth-order valence-corrected chi connectivity index (χ4v) is 1.98. The molecule has 0 saturated heterocycles. The molecule has 0 unspecified atom stereocenters. The van der Waals surface area contributed by atoms with E-state index < -0.39 is 0 Å². The molecule has 5 heteroatoms. The van der Waals surface area contributed by atoms with Gasteiger partial charge in [-0.05, 0) is 11.6 Å². The lowest BCUT2D eigenvalue weighted by Gasteiger charge is -1.97. The highest BCUT2D eigenvalue weighted by atomic mass is 32.1. The van der Waals surface area contributed by atoms with Crippen molar-refractivity contribution in [2.45, 2.75) is 6.42 Å². The molecule has 0 spiro atoms. The lowest BCUT2D eigenvalue weighted by Crippen LogP contribution is -2.19. The molecule has 0 atom stereocenters. The van der Waals surface area contributed by atoms with E-state index in [1.807, 2.05) is 36.4 Å². The molecule has 0 aliphatic rings. The second-order valence-electron chi connectivity index (χ2n) is 3.67. The van der Waals surface area contributed by atoms with Crippen molar-refractivity contribution in [2.75, 3.05) is 5.73 Å². The van der Waals surface area contributed by atoms with Crippen molar-refractivity contribution < 1.29 is 4.79 Å². The highest BCUT2D eigenvalue weighted by molar-refractivity contribution is 7.13. The molecule has 92 valence electrons. The predicted octanol–water partition coefficient (Wildman–Crippen LogP) is 2.05. The fourth-order valence-electron chi connectivity index (χ4n) is 1.41. The minimum atomic E-state index is -0.104. The van der Waals surface area contributed by atoms with E-state index in [0.29, 0.717) is 10.8 Å². The van der Waals surface area contributed by atoms with E-state index in [4.69, 9.17) is 5.73 Å². The van der Waals surface area contributed by atoms with E-state index in [1.54, 1.807) is 11.6 Å². The van der Waals surface area contributed by atoms with Crippen LogP contribution in [0.15, 0.2) is 41.9 Å². The third-order valence-corrected chi connectivity index (χ3v) is 2.95. The summed E-state index contributed by atoms with van der Waals surface area (Å²) < 4.78 is 0. The van der Waals surface area contributed by atoms with Crippen LogP contribution in [0.25, 0.3) is 6.08 Å². The van der Waals surface area contributed by atoms with Gasteiger partial charge in [0.1, 0.15) is 0 Å². The number of hydrogen-bond acceptors (Lipinski definition) is 4. The van der Waals surface area contributed by atoms with Gasteiger partial charge in [0.15, 0.2) is 5.13 Å². The van der Waals surface area contributed by atoms with Gasteiger partial charge in [0, 0.05) is 11.6 Å². The Morgan fingerprint density at radius 3 is 2.83 bits per heavy atom. The van der Waals surface area contributed by atoms with Gasteiger partial charge in [-0.2, -0.15) is 0 Å². The summed E-state index contributed by atoms with van der Waals surface area (Å²) in [6.07, 6.45) is 3.72. The van der Waals surface area contributed by atoms with Crippen molar-refractivity contribution in [1.82, 2.24) is 10.3 Å². The quantitative estimate of drug-likeness (QED) is 0.883. The van der Waals surface area contributed by atoms with Gasteiger partial charge in [0.25, 0.3) is 0 Å². The van der Waals surface area contributed by atoms with Crippen LogP contribution in [0.3, 0.4) is 0 Å². The number of nitrogens with one attached hydrogen (secondary N) is 1. The molecule has 1 aromatic heterocycles. The van der Waals surface area contributed by atoms with Crippen molar-refractivity contribution in [3.8, 4) is 0 Å². The number of nitrogens with zero attached hydrogens (tertiary/aromatic N) is 1. The molecule has 0 aliphatic carbocycles. The van der Waals surface area contributed by atoms with E-state index >= 15 is 0 Å². The maximum atomic E-state index is 11.6. The summed E-state index contributed by atoms with van der Waals surface area (Å²) in [6, 6.07) is 9.76. The standard InChI is InChI=1S/C13H13N3OS/c14-13-16-11(9-18-13)8-12(17)15-7-6-10-4-2-1-3-5-10/h1-7,9H,8H2,(H2,14,16)(H,15,17). The molecule has 18 heavy (non-hydrogen) atoms. The minimum Gasteiger partial charge on any atom is -0.375 e. The van der Waals surface area contributed by atoms with Gasteiger partial charge in [0.05, 0.1) is 12.1 Å². The first-order valence-electron chi connectivity index (χ1n) is 5.45. The van der Waals surface area contributed by atoms with Crippen LogP contribution in [-0.4, -0.2) is 10.9 Å². The number of anilines is 1. The van der Waals surface area contributed by atoms with E-state index in [9.17, 15) is 4.79 Å². The Balaban J connectivity index is 1.83. The summed E-state index contributed by atoms with van der Waals surface area (Å²) in [6.45, 7) is 0. The summed E-state index contributed by atoms with van der Waals surface area (Å²) in [5.41, 5.74) is 7.23. The van der Waals surface area contributed by atoms with Gasteiger partial charge in [0.2, 0.25) is 5.91 Å². The van der Waals surface area contributed by atoms with E-state index in [0.717, 1.165) is 5.56 Å². The smallest absolute Gasteiger partial charge is 0.229 e. The van der Waals surface area contributed by atoms with Gasteiger partial charge in [-0.3, -0.25) is 4.79 Å². The molecule has 1 heterocycles. The second kappa shape index (κ2) is 5.97. The number of carbonyl (C=O) groups is 1. The van der Waals surface area contributed by atoms with Crippen LogP contribution in [0.4, 0.5) is 5.13 Å². The van der Waals surface area contributed by atoms with Crippen molar-refractivity contribution in [1.29, 1.82) is 0 Å². The SMILES string of the molecule is Nc1nc(CC(=O)NC=Cc2ccccc2)cs1. The van der Waals surface area contributed by atoms with Crippen LogP contribution < -0.4 is 11.1 Å². The highest BCUT2D eigenvalue weighted by Crippen LogP contribution is 2.11. The first-order valence-corrected chi connectivity index (χ1v) is 6.33. The Morgan fingerprint density at radius 1 is 1.39 bits per heavy atom. The van der Waals surface area contributed by atoms with Crippen LogP contribution in [0.1, 0.15) is 11.3 Å². The van der Waals surface area contributed by atoms with E-state index in [-0.39, 0.29) is 12.3 Å². The van der Waals surface area contributed by atoms with E-state index in [1.165, 1.54) is 11.3 Å². The van der Waals surface area contributed by atoms with Crippen LogP contribution in [0.5, 0.6) is 0 Å². The molecule has 2 rings (SSSR count). The summed E-state index contributed by atoms with van der Waals surface area (Å²) >= 11 is 1.34. The Bertz CT molecular complexity index is 548. The zero-order chi connectivity index (χ0) is 12.8. The number of nitrogen functional groups attached to an aromatic ring is 1. The van der Waals surface area contributed by atoms with Crippen LogP contribution >= 0.6 is 11.3 Å². The molecule has 0 aliphatic heterocycles. The average Bonchev–Trinajstić information content (AvgIpc) is 2.76. The molecule has 2 aromatic rings. The minimum absolute atomic E-state index is 0.104. The Kier molecular flexibility index (Phi) is 4.09. The van der Waals surface area contributed by atoms with Gasteiger partial charge in [-0.25, -0.2) is 4.98 Å². The van der Waals surface area contributed by atoms with E-state index in [2.05, 4.69) is 10.3 Å². The molecular weight excluding hydrogens is 246 g/mol. The summed E-state index contributed by atoms with van der Waals surface area (Å²) in [7, 11) is 0. The van der Waals surface area contributed by atoms with Crippen molar-refractivity contribution in [2.24, 2.45) is 0 Å². The monoisotopic (exact) mass is 259 g/mol. The first-order chi connectivity index (χ1) is 8.74. The molecule has 0 bridgehead atoms. The molecule has 0 saturated carbocycles. The maximum Gasteiger partial charge on any atom is 0.229 e. The van der Waals surface area contributed by atoms with Crippen molar-refractivity contribution in [3.05, 3.63) is 53.2 Å². The molecule has 4 nitrogen and oxygen atoms in total. The number of hydrogen-bond donors (Lipinski definition) is 2. The molecule has 1 aromatic carbocycles. The first kappa shape index (κ1) is 12.3. The summed E-state index contributed by atoms with van der Waals surface area (Å²) in [5, 5.41) is 4.96. The highest BCUT2D eigenvalue weighted by Gasteiger charge is 2.04. The predicted molar refractivity (Wildman–Crippen MR) is 73.8 cm³/mol. The van der Waals surface area contributed by atoms with Crippen LogP contribution in [-0.2, 0) is 11.2 Å². The Morgan fingerprint density at radius 2 is 2.17 bits per heavy atom.